The average molecular weight is 341 g/mol. The van der Waals surface area contributed by atoms with Crippen molar-refractivity contribution in [2.24, 2.45) is 0 Å². The normalized spacial score (nSPS) is 17.4. The first-order valence-electron chi connectivity index (χ1n) is 6.68. The summed E-state index contributed by atoms with van der Waals surface area (Å²) in [7, 11) is 1.55. The molecule has 1 saturated heterocycles. The molecule has 0 aliphatic carbocycles. The SMILES string of the molecule is COc1ccc(Cl)cc1[C@@H](CC(F)F)N1CCNCC1.Cl. The quantitative estimate of drug-likeness (QED) is 0.889. The Morgan fingerprint density at radius 3 is 2.57 bits per heavy atom. The molecular weight excluding hydrogens is 321 g/mol. The average Bonchev–Trinajstić information content (AvgIpc) is 2.45. The van der Waals surface area contributed by atoms with Gasteiger partial charge in [-0.3, -0.25) is 4.90 Å². The molecular formula is C14H20Cl2F2N2O. The molecule has 1 atom stereocenters. The van der Waals surface area contributed by atoms with Gasteiger partial charge in [0.25, 0.3) is 0 Å². The first-order valence-corrected chi connectivity index (χ1v) is 7.06. The van der Waals surface area contributed by atoms with Gasteiger partial charge in [-0.15, -0.1) is 12.4 Å². The monoisotopic (exact) mass is 340 g/mol. The fourth-order valence-electron chi connectivity index (χ4n) is 2.60. The minimum atomic E-state index is -2.36. The van der Waals surface area contributed by atoms with Crippen molar-refractivity contribution in [1.82, 2.24) is 10.2 Å². The molecule has 1 aliphatic heterocycles. The molecule has 7 heteroatoms. The second kappa shape index (κ2) is 8.73. The smallest absolute Gasteiger partial charge is 0.240 e. The summed E-state index contributed by atoms with van der Waals surface area (Å²) < 4.78 is 31.2. The van der Waals surface area contributed by atoms with Crippen molar-refractivity contribution in [1.29, 1.82) is 0 Å². The second-order valence-corrected chi connectivity index (χ2v) is 5.25. The van der Waals surface area contributed by atoms with E-state index in [1.165, 1.54) is 0 Å². The van der Waals surface area contributed by atoms with Crippen molar-refractivity contribution < 1.29 is 13.5 Å². The maximum absolute atomic E-state index is 12.9. The van der Waals surface area contributed by atoms with Gasteiger partial charge < -0.3 is 10.1 Å². The van der Waals surface area contributed by atoms with Crippen LogP contribution in [0.4, 0.5) is 8.78 Å². The number of rotatable bonds is 5. The van der Waals surface area contributed by atoms with Crippen LogP contribution in [-0.4, -0.2) is 44.6 Å². The zero-order valence-electron chi connectivity index (χ0n) is 11.8. The Morgan fingerprint density at radius 2 is 2.00 bits per heavy atom. The Morgan fingerprint density at radius 1 is 1.33 bits per heavy atom. The molecule has 1 heterocycles. The molecule has 0 bridgehead atoms. The number of nitrogens with zero attached hydrogens (tertiary/aromatic N) is 1. The molecule has 0 amide bonds. The predicted octanol–water partition coefficient (Wildman–Crippen LogP) is 3.37. The number of hydrogen-bond acceptors (Lipinski definition) is 3. The molecule has 0 spiro atoms. The van der Waals surface area contributed by atoms with Crippen LogP contribution in [0.25, 0.3) is 0 Å². The lowest BCUT2D eigenvalue weighted by Gasteiger charge is -2.35. The van der Waals surface area contributed by atoms with Gasteiger partial charge >= 0.3 is 0 Å². The van der Waals surface area contributed by atoms with Crippen molar-refractivity contribution in [3.8, 4) is 5.75 Å². The number of piperazine rings is 1. The molecule has 1 aromatic carbocycles. The number of benzene rings is 1. The van der Waals surface area contributed by atoms with Crippen molar-refractivity contribution in [2.75, 3.05) is 33.3 Å². The van der Waals surface area contributed by atoms with E-state index < -0.39 is 6.43 Å². The van der Waals surface area contributed by atoms with E-state index in [1.807, 2.05) is 0 Å². The van der Waals surface area contributed by atoms with Crippen LogP contribution in [-0.2, 0) is 0 Å². The van der Waals surface area contributed by atoms with Crippen LogP contribution in [0, 0.1) is 0 Å². The van der Waals surface area contributed by atoms with Crippen LogP contribution < -0.4 is 10.1 Å². The summed E-state index contributed by atoms with van der Waals surface area (Å²) in [6.07, 6.45) is -2.57. The third-order valence-electron chi connectivity index (χ3n) is 3.54. The first kappa shape index (κ1) is 18.4. The van der Waals surface area contributed by atoms with Crippen LogP contribution in [0.1, 0.15) is 18.0 Å². The lowest BCUT2D eigenvalue weighted by Crippen LogP contribution is -2.45. The van der Waals surface area contributed by atoms with Crippen LogP contribution in [0.2, 0.25) is 5.02 Å². The Kier molecular flexibility index (Phi) is 7.66. The van der Waals surface area contributed by atoms with Crippen LogP contribution >= 0.6 is 24.0 Å². The summed E-state index contributed by atoms with van der Waals surface area (Å²) in [5, 5.41) is 3.77. The molecule has 2 rings (SSSR count). The molecule has 0 aromatic heterocycles. The van der Waals surface area contributed by atoms with Crippen LogP contribution in [0.3, 0.4) is 0 Å². The molecule has 1 aromatic rings. The van der Waals surface area contributed by atoms with E-state index in [2.05, 4.69) is 10.2 Å². The third kappa shape index (κ3) is 4.95. The lowest BCUT2D eigenvalue weighted by molar-refractivity contribution is 0.0729. The molecule has 1 N–H and O–H groups in total. The third-order valence-corrected chi connectivity index (χ3v) is 3.78. The minimum Gasteiger partial charge on any atom is -0.496 e. The van der Waals surface area contributed by atoms with Crippen LogP contribution in [0.15, 0.2) is 18.2 Å². The summed E-state index contributed by atoms with van der Waals surface area (Å²) >= 11 is 6.02. The Bertz CT molecular complexity index is 443. The summed E-state index contributed by atoms with van der Waals surface area (Å²) in [4.78, 5) is 2.07. The number of methoxy groups -OCH3 is 1. The number of hydrogen-bond donors (Lipinski definition) is 1. The first-order chi connectivity index (χ1) is 9.61. The minimum absolute atomic E-state index is 0. The molecule has 1 fully saturated rings. The van der Waals surface area contributed by atoms with Crippen molar-refractivity contribution >= 4 is 24.0 Å². The predicted molar refractivity (Wildman–Crippen MR) is 83.1 cm³/mol. The maximum atomic E-state index is 12.9. The van der Waals surface area contributed by atoms with E-state index in [4.69, 9.17) is 16.3 Å². The van der Waals surface area contributed by atoms with E-state index in [0.717, 1.165) is 31.7 Å². The van der Waals surface area contributed by atoms with E-state index in [1.54, 1.807) is 25.3 Å². The van der Waals surface area contributed by atoms with Crippen LogP contribution in [0.5, 0.6) is 5.75 Å². The fourth-order valence-corrected chi connectivity index (χ4v) is 2.78. The van der Waals surface area contributed by atoms with E-state index in [9.17, 15) is 8.78 Å². The van der Waals surface area contributed by atoms with Gasteiger partial charge in [-0.05, 0) is 18.2 Å². The lowest BCUT2D eigenvalue weighted by atomic mass is 10.00. The van der Waals surface area contributed by atoms with E-state index in [0.29, 0.717) is 10.8 Å². The molecule has 21 heavy (non-hydrogen) atoms. The summed E-state index contributed by atoms with van der Waals surface area (Å²) in [6.45, 7) is 3.10. The van der Waals surface area contributed by atoms with Gasteiger partial charge in [-0.2, -0.15) is 0 Å². The van der Waals surface area contributed by atoms with Crippen molar-refractivity contribution in [2.45, 2.75) is 18.9 Å². The maximum Gasteiger partial charge on any atom is 0.240 e. The fraction of sp³-hybridized carbons (Fsp3) is 0.571. The number of halogens is 4. The Labute approximate surface area is 135 Å². The highest BCUT2D eigenvalue weighted by Gasteiger charge is 2.27. The van der Waals surface area contributed by atoms with E-state index in [-0.39, 0.29) is 24.9 Å². The van der Waals surface area contributed by atoms with Gasteiger partial charge in [0.05, 0.1) is 7.11 Å². The van der Waals surface area contributed by atoms with Crippen molar-refractivity contribution in [3.05, 3.63) is 28.8 Å². The largest absolute Gasteiger partial charge is 0.496 e. The van der Waals surface area contributed by atoms with Gasteiger partial charge in [-0.25, -0.2) is 8.78 Å². The van der Waals surface area contributed by atoms with Crippen molar-refractivity contribution in [3.63, 3.8) is 0 Å². The molecule has 3 nitrogen and oxygen atoms in total. The highest BCUT2D eigenvalue weighted by Crippen LogP contribution is 2.35. The number of ether oxygens (including phenoxy) is 1. The van der Waals surface area contributed by atoms with Gasteiger partial charge in [-0.1, -0.05) is 11.6 Å². The van der Waals surface area contributed by atoms with Gasteiger partial charge in [0, 0.05) is 49.2 Å². The standard InChI is InChI=1S/C14H19ClF2N2O.ClH/c1-20-13-3-2-10(15)8-11(13)12(9-14(16)17)19-6-4-18-5-7-19;/h2-3,8,12,14,18H,4-7,9H2,1H3;1H/t12-;/m1./s1. The van der Waals surface area contributed by atoms with E-state index >= 15 is 0 Å². The summed E-state index contributed by atoms with van der Waals surface area (Å²) in [5.74, 6) is 0.610. The number of alkyl halides is 2. The molecule has 0 saturated carbocycles. The molecule has 1 aliphatic rings. The summed E-state index contributed by atoms with van der Waals surface area (Å²) in [5.41, 5.74) is 0.738. The van der Waals surface area contributed by atoms with Gasteiger partial charge in [0.1, 0.15) is 5.75 Å². The molecule has 120 valence electrons. The van der Waals surface area contributed by atoms with Gasteiger partial charge in [0.15, 0.2) is 0 Å². The molecule has 0 unspecified atom stereocenters. The highest BCUT2D eigenvalue weighted by atomic mass is 35.5. The second-order valence-electron chi connectivity index (χ2n) is 4.81. The zero-order chi connectivity index (χ0) is 14.5. The number of nitrogens with one attached hydrogen (secondary N) is 1. The Balaban J connectivity index is 0.00000220. The zero-order valence-corrected chi connectivity index (χ0v) is 13.4. The van der Waals surface area contributed by atoms with Gasteiger partial charge in [0.2, 0.25) is 6.43 Å². The topological polar surface area (TPSA) is 24.5 Å². The highest BCUT2D eigenvalue weighted by molar-refractivity contribution is 6.30. The Hall–Kier alpha value is -0.620. The summed E-state index contributed by atoms with van der Waals surface area (Å²) in [6, 6.07) is 4.81. The molecule has 0 radical (unpaired) electrons.